The Balaban J connectivity index is 2.64. The molecule has 1 rings (SSSR count). The number of hydrogen-bond donors (Lipinski definition) is 1. The first-order chi connectivity index (χ1) is 8.40. The summed E-state index contributed by atoms with van der Waals surface area (Å²) in [6.07, 6.45) is 0.301. The second kappa shape index (κ2) is 6.19. The van der Waals surface area contributed by atoms with Crippen molar-refractivity contribution < 1.29 is 14.7 Å². The van der Waals surface area contributed by atoms with Gasteiger partial charge in [-0.3, -0.25) is 9.59 Å². The number of Topliss-reactive ketones (excluding diaryl/α,β-unsaturated/α-hetero) is 1. The molecule has 1 aromatic rings. The highest BCUT2D eigenvalue weighted by Gasteiger charge is 2.14. The number of benzene rings is 1. The number of carboxylic acids is 1. The molecule has 0 bridgehead atoms. The van der Waals surface area contributed by atoms with Crippen LogP contribution in [0, 0.1) is 5.92 Å². The quantitative estimate of drug-likeness (QED) is 0.787. The fourth-order valence-corrected chi connectivity index (χ4v) is 1.75. The molecule has 0 saturated carbocycles. The van der Waals surface area contributed by atoms with Crippen LogP contribution < -0.4 is 4.90 Å². The number of ketones is 1. The SMILES string of the molecule is C[C@H](CC(=O)O)CC(=O)c1ccc(N(C)C)cc1. The molecule has 0 aliphatic heterocycles. The van der Waals surface area contributed by atoms with Gasteiger partial charge in [0.25, 0.3) is 0 Å². The van der Waals surface area contributed by atoms with E-state index in [1.165, 1.54) is 0 Å². The summed E-state index contributed by atoms with van der Waals surface area (Å²) in [6.45, 7) is 1.78. The minimum atomic E-state index is -0.863. The Labute approximate surface area is 107 Å². The zero-order valence-corrected chi connectivity index (χ0v) is 11.0. The standard InChI is InChI=1S/C14H19NO3/c1-10(9-14(17)18)8-13(16)11-4-6-12(7-5-11)15(2)3/h4-7,10H,8-9H2,1-3H3,(H,17,18)/t10-/m0/s1. The van der Waals surface area contributed by atoms with Crippen LogP contribution in [0.1, 0.15) is 30.1 Å². The molecule has 0 spiro atoms. The van der Waals surface area contributed by atoms with Crippen LogP contribution in [0.15, 0.2) is 24.3 Å². The molecule has 18 heavy (non-hydrogen) atoms. The maximum Gasteiger partial charge on any atom is 0.303 e. The molecule has 4 heteroatoms. The van der Waals surface area contributed by atoms with Gasteiger partial charge in [-0.15, -0.1) is 0 Å². The van der Waals surface area contributed by atoms with Gasteiger partial charge in [0, 0.05) is 38.2 Å². The van der Waals surface area contributed by atoms with E-state index in [2.05, 4.69) is 0 Å². The van der Waals surface area contributed by atoms with Crippen LogP contribution in [0.5, 0.6) is 0 Å². The largest absolute Gasteiger partial charge is 0.481 e. The summed E-state index contributed by atoms with van der Waals surface area (Å²) in [5.41, 5.74) is 1.67. The molecule has 0 heterocycles. The van der Waals surface area contributed by atoms with E-state index in [1.807, 2.05) is 31.1 Å². The Bertz CT molecular complexity index is 423. The Morgan fingerprint density at radius 1 is 1.17 bits per heavy atom. The summed E-state index contributed by atoms with van der Waals surface area (Å²) in [5, 5.41) is 8.65. The maximum atomic E-state index is 11.9. The third-order valence-corrected chi connectivity index (χ3v) is 2.76. The van der Waals surface area contributed by atoms with Crippen LogP contribution in [-0.2, 0) is 4.79 Å². The van der Waals surface area contributed by atoms with Gasteiger partial charge in [-0.25, -0.2) is 0 Å². The van der Waals surface area contributed by atoms with E-state index < -0.39 is 5.97 Å². The first-order valence-electron chi connectivity index (χ1n) is 5.92. The highest BCUT2D eigenvalue weighted by molar-refractivity contribution is 5.96. The van der Waals surface area contributed by atoms with Gasteiger partial charge in [-0.05, 0) is 30.2 Å². The van der Waals surface area contributed by atoms with Crippen molar-refractivity contribution in [3.05, 3.63) is 29.8 Å². The van der Waals surface area contributed by atoms with E-state index >= 15 is 0 Å². The van der Waals surface area contributed by atoms with Crippen molar-refractivity contribution in [2.45, 2.75) is 19.8 Å². The Morgan fingerprint density at radius 2 is 1.72 bits per heavy atom. The smallest absolute Gasteiger partial charge is 0.303 e. The lowest BCUT2D eigenvalue weighted by molar-refractivity contribution is -0.137. The molecule has 0 saturated heterocycles. The number of nitrogens with zero attached hydrogens (tertiary/aromatic N) is 1. The lowest BCUT2D eigenvalue weighted by Crippen LogP contribution is -2.11. The van der Waals surface area contributed by atoms with Crippen LogP contribution in [0.4, 0.5) is 5.69 Å². The first-order valence-corrected chi connectivity index (χ1v) is 5.92. The van der Waals surface area contributed by atoms with Crippen LogP contribution in [0.3, 0.4) is 0 Å². The van der Waals surface area contributed by atoms with Gasteiger partial charge in [-0.2, -0.15) is 0 Å². The average molecular weight is 249 g/mol. The number of anilines is 1. The first kappa shape index (κ1) is 14.2. The maximum absolute atomic E-state index is 11.9. The summed E-state index contributed by atoms with van der Waals surface area (Å²) in [6, 6.07) is 7.33. The van der Waals surface area contributed by atoms with E-state index in [9.17, 15) is 9.59 Å². The van der Waals surface area contributed by atoms with E-state index in [0.29, 0.717) is 5.56 Å². The zero-order valence-electron chi connectivity index (χ0n) is 11.0. The fourth-order valence-electron chi connectivity index (χ4n) is 1.75. The summed E-state index contributed by atoms with van der Waals surface area (Å²) in [7, 11) is 3.87. The third kappa shape index (κ3) is 4.20. The van der Waals surface area contributed by atoms with Crippen LogP contribution in [0.2, 0.25) is 0 Å². The van der Waals surface area contributed by atoms with Crippen molar-refractivity contribution >= 4 is 17.4 Å². The molecule has 1 aromatic carbocycles. The molecule has 4 nitrogen and oxygen atoms in total. The second-order valence-electron chi connectivity index (χ2n) is 4.77. The summed E-state index contributed by atoms with van der Waals surface area (Å²) < 4.78 is 0. The van der Waals surface area contributed by atoms with Gasteiger partial charge in [-0.1, -0.05) is 6.92 Å². The van der Waals surface area contributed by atoms with Crippen molar-refractivity contribution in [3.8, 4) is 0 Å². The van der Waals surface area contributed by atoms with E-state index in [0.717, 1.165) is 5.69 Å². The molecule has 0 fully saturated rings. The highest BCUT2D eigenvalue weighted by Crippen LogP contribution is 2.16. The number of carboxylic acid groups (broad SMARTS) is 1. The van der Waals surface area contributed by atoms with Gasteiger partial charge >= 0.3 is 5.97 Å². The van der Waals surface area contributed by atoms with Gasteiger partial charge in [0.15, 0.2) is 5.78 Å². The topological polar surface area (TPSA) is 57.6 Å². The lowest BCUT2D eigenvalue weighted by Gasteiger charge is -2.13. The Kier molecular flexibility index (Phi) is 4.89. The summed E-state index contributed by atoms with van der Waals surface area (Å²) >= 11 is 0. The van der Waals surface area contributed by atoms with Crippen LogP contribution in [0.25, 0.3) is 0 Å². The predicted octanol–water partition coefficient (Wildman–Crippen LogP) is 2.44. The molecular weight excluding hydrogens is 230 g/mol. The van der Waals surface area contributed by atoms with Crippen molar-refractivity contribution in [1.82, 2.24) is 0 Å². The third-order valence-electron chi connectivity index (χ3n) is 2.76. The molecule has 1 atom stereocenters. The lowest BCUT2D eigenvalue weighted by atomic mass is 9.97. The number of carbonyl (C=O) groups excluding carboxylic acids is 1. The van der Waals surface area contributed by atoms with E-state index in [4.69, 9.17) is 5.11 Å². The molecule has 0 radical (unpaired) electrons. The molecule has 0 amide bonds. The summed E-state index contributed by atoms with van der Waals surface area (Å²) in [5.74, 6) is -1.00. The van der Waals surface area contributed by atoms with Gasteiger partial charge in [0.1, 0.15) is 0 Å². The van der Waals surface area contributed by atoms with Gasteiger partial charge in [0.05, 0.1) is 0 Å². The molecule has 0 unspecified atom stereocenters. The van der Waals surface area contributed by atoms with Crippen molar-refractivity contribution in [1.29, 1.82) is 0 Å². The average Bonchev–Trinajstić information content (AvgIpc) is 2.27. The minimum absolute atomic E-state index is 0.00550. The zero-order chi connectivity index (χ0) is 13.7. The minimum Gasteiger partial charge on any atom is -0.481 e. The second-order valence-corrected chi connectivity index (χ2v) is 4.77. The highest BCUT2D eigenvalue weighted by atomic mass is 16.4. The molecule has 0 aliphatic carbocycles. The molecule has 0 aromatic heterocycles. The Hall–Kier alpha value is -1.84. The van der Waals surface area contributed by atoms with Crippen LogP contribution in [-0.4, -0.2) is 31.0 Å². The van der Waals surface area contributed by atoms with Crippen molar-refractivity contribution in [3.63, 3.8) is 0 Å². The molecule has 1 N–H and O–H groups in total. The van der Waals surface area contributed by atoms with Crippen molar-refractivity contribution in [2.75, 3.05) is 19.0 Å². The van der Waals surface area contributed by atoms with Gasteiger partial charge < -0.3 is 10.0 Å². The van der Waals surface area contributed by atoms with Crippen LogP contribution >= 0.6 is 0 Å². The Morgan fingerprint density at radius 3 is 2.17 bits per heavy atom. The molecule has 0 aliphatic rings. The molecule has 98 valence electrons. The van der Waals surface area contributed by atoms with Crippen molar-refractivity contribution in [2.24, 2.45) is 5.92 Å². The van der Waals surface area contributed by atoms with E-state index in [1.54, 1.807) is 19.1 Å². The normalized spacial score (nSPS) is 11.9. The fraction of sp³-hybridized carbons (Fsp3) is 0.429. The predicted molar refractivity (Wildman–Crippen MR) is 71.1 cm³/mol. The van der Waals surface area contributed by atoms with E-state index in [-0.39, 0.29) is 24.5 Å². The number of aliphatic carboxylic acids is 1. The number of hydrogen-bond acceptors (Lipinski definition) is 3. The summed E-state index contributed by atoms with van der Waals surface area (Å²) in [4.78, 5) is 24.4. The van der Waals surface area contributed by atoms with Gasteiger partial charge in [0.2, 0.25) is 0 Å². The molecular formula is C14H19NO3. The number of carbonyl (C=O) groups is 2. The monoisotopic (exact) mass is 249 g/mol. The number of rotatable bonds is 6.